The van der Waals surface area contributed by atoms with E-state index >= 15 is 0 Å². The maximum absolute atomic E-state index is 11.9. The first kappa shape index (κ1) is 15.8. The highest BCUT2D eigenvalue weighted by Gasteiger charge is 2.10. The molecule has 1 aromatic rings. The molecule has 0 aromatic carbocycles. The summed E-state index contributed by atoms with van der Waals surface area (Å²) in [5.74, 6) is 0. The minimum absolute atomic E-state index is 0.194. The van der Waals surface area contributed by atoms with Crippen molar-refractivity contribution in [1.29, 1.82) is 0 Å². The highest BCUT2D eigenvalue weighted by atomic mass is 35.5. The molecule has 0 radical (unpaired) electrons. The van der Waals surface area contributed by atoms with Crippen molar-refractivity contribution in [2.75, 3.05) is 5.32 Å². The lowest BCUT2D eigenvalue weighted by Gasteiger charge is -2.16. The average Bonchev–Trinajstić information content (AvgIpc) is 2.39. The molecule has 0 fully saturated rings. The molecule has 1 N–H and O–H groups in total. The molecule has 0 amide bonds. The van der Waals surface area contributed by atoms with E-state index in [1.165, 1.54) is 23.9 Å². The Morgan fingerprint density at radius 3 is 2.95 bits per heavy atom. The van der Waals surface area contributed by atoms with E-state index in [1.807, 2.05) is 0 Å². The van der Waals surface area contributed by atoms with Crippen molar-refractivity contribution < 1.29 is 0 Å². The van der Waals surface area contributed by atoms with Gasteiger partial charge in [-0.1, -0.05) is 43.9 Å². The Bertz CT molecular complexity index is 470. The van der Waals surface area contributed by atoms with Crippen LogP contribution >= 0.6 is 11.6 Å². The fourth-order valence-electron chi connectivity index (χ4n) is 1.86. The van der Waals surface area contributed by atoms with E-state index in [2.05, 4.69) is 30.8 Å². The number of hydrogen-bond donors (Lipinski definition) is 1. The molecule has 0 spiro atoms. The van der Waals surface area contributed by atoms with Gasteiger partial charge >= 0.3 is 0 Å². The second-order valence-corrected chi connectivity index (χ2v) is 5.07. The molecule has 5 heteroatoms. The summed E-state index contributed by atoms with van der Waals surface area (Å²) in [5, 5.41) is 7.50. The molecule has 0 aliphatic rings. The van der Waals surface area contributed by atoms with Gasteiger partial charge in [-0.15, -0.1) is 6.58 Å². The number of rotatable bonds is 8. The Hall–Kier alpha value is -1.29. The van der Waals surface area contributed by atoms with Gasteiger partial charge in [-0.3, -0.25) is 4.79 Å². The minimum atomic E-state index is -0.285. The van der Waals surface area contributed by atoms with Gasteiger partial charge in [0.1, 0.15) is 5.02 Å². The largest absolute Gasteiger partial charge is 0.380 e. The molecule has 0 aliphatic carbocycles. The van der Waals surface area contributed by atoms with E-state index in [0.717, 1.165) is 6.42 Å². The lowest BCUT2D eigenvalue weighted by Crippen LogP contribution is -2.25. The third-order valence-corrected chi connectivity index (χ3v) is 3.29. The number of nitrogens with zero attached hydrogens (tertiary/aromatic N) is 2. The zero-order chi connectivity index (χ0) is 14.3. The standard InChI is InChI=1S/C14H22ClN3O/c1-4-6-7-8-11(3)17-12-10-16-18(9-5-2)14(19)13(12)15/h5,10-11,17H,2,4,6-9H2,1,3H3. The van der Waals surface area contributed by atoms with E-state index in [9.17, 15) is 4.79 Å². The summed E-state index contributed by atoms with van der Waals surface area (Å²) in [6.45, 7) is 8.21. The summed E-state index contributed by atoms with van der Waals surface area (Å²) in [6.07, 6.45) is 7.86. The van der Waals surface area contributed by atoms with Crippen molar-refractivity contribution in [3.05, 3.63) is 34.2 Å². The molecule has 0 saturated heterocycles. The Morgan fingerprint density at radius 1 is 1.58 bits per heavy atom. The molecule has 1 atom stereocenters. The van der Waals surface area contributed by atoms with Crippen molar-refractivity contribution in [3.63, 3.8) is 0 Å². The number of unbranched alkanes of at least 4 members (excludes halogenated alkanes) is 2. The topological polar surface area (TPSA) is 46.9 Å². The van der Waals surface area contributed by atoms with Gasteiger partial charge in [0, 0.05) is 6.04 Å². The second-order valence-electron chi connectivity index (χ2n) is 4.69. The Balaban J connectivity index is 2.71. The van der Waals surface area contributed by atoms with Gasteiger partial charge in [-0.25, -0.2) is 4.68 Å². The number of hydrogen-bond acceptors (Lipinski definition) is 3. The average molecular weight is 284 g/mol. The van der Waals surface area contributed by atoms with Crippen molar-refractivity contribution in [2.24, 2.45) is 0 Å². The quantitative estimate of drug-likeness (QED) is 0.587. The minimum Gasteiger partial charge on any atom is -0.380 e. The Kier molecular flexibility index (Phi) is 6.64. The molecule has 1 unspecified atom stereocenters. The van der Waals surface area contributed by atoms with Crippen molar-refractivity contribution in [3.8, 4) is 0 Å². The zero-order valence-electron chi connectivity index (χ0n) is 11.7. The monoisotopic (exact) mass is 283 g/mol. The number of halogens is 1. The summed E-state index contributed by atoms with van der Waals surface area (Å²) in [5.41, 5.74) is 0.323. The van der Waals surface area contributed by atoms with Crippen LogP contribution in [0.2, 0.25) is 5.02 Å². The molecular formula is C14H22ClN3O. The number of anilines is 1. The highest BCUT2D eigenvalue weighted by molar-refractivity contribution is 6.32. The number of allylic oxidation sites excluding steroid dienone is 1. The summed E-state index contributed by atoms with van der Waals surface area (Å²) in [6, 6.07) is 0.278. The van der Waals surface area contributed by atoms with Crippen LogP contribution in [0.3, 0.4) is 0 Å². The Morgan fingerprint density at radius 2 is 2.32 bits per heavy atom. The van der Waals surface area contributed by atoms with Crippen LogP contribution in [0.1, 0.15) is 39.5 Å². The summed E-state index contributed by atoms with van der Waals surface area (Å²) < 4.78 is 1.29. The number of nitrogens with one attached hydrogen (secondary N) is 1. The molecule has 0 bridgehead atoms. The van der Waals surface area contributed by atoms with Gasteiger partial charge in [-0.05, 0) is 13.3 Å². The van der Waals surface area contributed by atoms with E-state index in [-0.39, 0.29) is 16.6 Å². The van der Waals surface area contributed by atoms with Gasteiger partial charge in [0.15, 0.2) is 0 Å². The van der Waals surface area contributed by atoms with E-state index in [0.29, 0.717) is 12.2 Å². The fraction of sp³-hybridized carbons (Fsp3) is 0.571. The van der Waals surface area contributed by atoms with Gasteiger partial charge in [0.25, 0.3) is 5.56 Å². The van der Waals surface area contributed by atoms with Crippen LogP contribution in [0.25, 0.3) is 0 Å². The van der Waals surface area contributed by atoms with Crippen molar-refractivity contribution >= 4 is 17.3 Å². The molecule has 106 valence electrons. The van der Waals surface area contributed by atoms with Gasteiger partial charge < -0.3 is 5.32 Å². The molecule has 1 aromatic heterocycles. The predicted molar refractivity (Wildman–Crippen MR) is 80.9 cm³/mol. The van der Waals surface area contributed by atoms with Gasteiger partial charge in [0.2, 0.25) is 0 Å². The third kappa shape index (κ3) is 4.71. The highest BCUT2D eigenvalue weighted by Crippen LogP contribution is 2.18. The first-order valence-corrected chi connectivity index (χ1v) is 7.11. The normalized spacial score (nSPS) is 12.2. The maximum Gasteiger partial charge on any atom is 0.287 e. The van der Waals surface area contributed by atoms with E-state index in [1.54, 1.807) is 12.3 Å². The molecule has 0 saturated carbocycles. The summed E-state index contributed by atoms with van der Waals surface area (Å²) in [4.78, 5) is 11.9. The number of aromatic nitrogens is 2. The van der Waals surface area contributed by atoms with Crippen LogP contribution in [0.15, 0.2) is 23.6 Å². The van der Waals surface area contributed by atoms with Crippen LogP contribution in [0.5, 0.6) is 0 Å². The maximum atomic E-state index is 11.9. The lowest BCUT2D eigenvalue weighted by molar-refractivity contribution is 0.612. The van der Waals surface area contributed by atoms with Crippen LogP contribution in [0.4, 0.5) is 5.69 Å². The molecule has 1 heterocycles. The van der Waals surface area contributed by atoms with Crippen LogP contribution in [0, 0.1) is 0 Å². The SMILES string of the molecule is C=CCn1ncc(NC(C)CCCCC)c(Cl)c1=O. The van der Waals surface area contributed by atoms with Crippen LogP contribution in [-0.4, -0.2) is 15.8 Å². The molecular weight excluding hydrogens is 262 g/mol. The zero-order valence-corrected chi connectivity index (χ0v) is 12.4. The smallest absolute Gasteiger partial charge is 0.287 e. The molecule has 19 heavy (non-hydrogen) atoms. The second kappa shape index (κ2) is 8.00. The first-order valence-electron chi connectivity index (χ1n) is 6.73. The van der Waals surface area contributed by atoms with E-state index in [4.69, 9.17) is 11.6 Å². The van der Waals surface area contributed by atoms with Crippen molar-refractivity contribution in [1.82, 2.24) is 9.78 Å². The molecule has 0 aliphatic heterocycles. The van der Waals surface area contributed by atoms with Gasteiger partial charge in [-0.2, -0.15) is 5.10 Å². The third-order valence-electron chi connectivity index (χ3n) is 2.93. The first-order chi connectivity index (χ1) is 9.10. The van der Waals surface area contributed by atoms with Gasteiger partial charge in [0.05, 0.1) is 18.4 Å². The van der Waals surface area contributed by atoms with Crippen LogP contribution < -0.4 is 10.9 Å². The van der Waals surface area contributed by atoms with Crippen molar-refractivity contribution in [2.45, 2.75) is 52.1 Å². The van der Waals surface area contributed by atoms with Crippen LogP contribution in [-0.2, 0) is 6.54 Å². The molecule has 1 rings (SSSR count). The summed E-state index contributed by atoms with van der Waals surface area (Å²) >= 11 is 6.07. The molecule has 4 nitrogen and oxygen atoms in total. The van der Waals surface area contributed by atoms with E-state index < -0.39 is 0 Å². The Labute approximate surface area is 119 Å². The summed E-state index contributed by atoms with van der Waals surface area (Å²) in [7, 11) is 0. The fourth-order valence-corrected chi connectivity index (χ4v) is 2.06. The lowest BCUT2D eigenvalue weighted by atomic mass is 10.1. The predicted octanol–water partition coefficient (Wildman–Crippen LogP) is 3.46.